The fourth-order valence-corrected chi connectivity index (χ4v) is 2.17. The average molecular weight is 404 g/mol. The van der Waals surface area contributed by atoms with Crippen LogP contribution in [-0.4, -0.2) is 22.2 Å². The Labute approximate surface area is 163 Å². The lowest BCUT2D eigenvalue weighted by Gasteiger charge is -2.14. The molecule has 3 aromatic carbocycles. The number of ether oxygens (including phenoxy) is 1. The lowest BCUT2D eigenvalue weighted by atomic mass is 10.1. The molecule has 0 heterocycles. The van der Waals surface area contributed by atoms with Crippen LogP contribution in [0, 0.1) is 0 Å². The number of hydrogen-bond acceptors (Lipinski definition) is 3. The van der Waals surface area contributed by atoms with Gasteiger partial charge in [0.2, 0.25) is 0 Å². The van der Waals surface area contributed by atoms with Gasteiger partial charge in [-0.3, -0.25) is 0 Å². The molecule has 0 saturated carbocycles. The number of aromatic carboxylic acids is 2. The monoisotopic (exact) mass is 404 g/mol. The Kier molecular flexibility index (Phi) is 6.97. The summed E-state index contributed by atoms with van der Waals surface area (Å²) >= 11 is 0. The molecular formula is C21H15F3O5. The SMILES string of the molecule is O=C(O)c1ccc(Oc2ccccc2)c(C(F)(F)F)c1.O=C(O)c1ccccc1. The van der Waals surface area contributed by atoms with Crippen molar-refractivity contribution in [2.75, 3.05) is 0 Å². The minimum atomic E-state index is -4.70. The number of carbonyl (C=O) groups is 2. The van der Waals surface area contributed by atoms with Gasteiger partial charge in [-0.1, -0.05) is 36.4 Å². The van der Waals surface area contributed by atoms with Gasteiger partial charge in [0.25, 0.3) is 0 Å². The molecule has 2 N–H and O–H groups in total. The molecule has 0 radical (unpaired) electrons. The zero-order chi connectivity index (χ0) is 21.4. The number of alkyl halides is 3. The van der Waals surface area contributed by atoms with Crippen LogP contribution < -0.4 is 4.74 Å². The van der Waals surface area contributed by atoms with Crippen molar-refractivity contribution in [1.29, 1.82) is 0 Å². The normalized spacial score (nSPS) is 10.4. The van der Waals surface area contributed by atoms with Crippen LogP contribution in [0.4, 0.5) is 13.2 Å². The first-order valence-corrected chi connectivity index (χ1v) is 8.14. The number of carboxylic acid groups (broad SMARTS) is 2. The highest BCUT2D eigenvalue weighted by molar-refractivity contribution is 5.88. The largest absolute Gasteiger partial charge is 0.478 e. The molecule has 0 aliphatic heterocycles. The Morgan fingerprint density at radius 2 is 1.24 bits per heavy atom. The second kappa shape index (κ2) is 9.41. The molecular weight excluding hydrogens is 389 g/mol. The number of halogens is 3. The second-order valence-electron chi connectivity index (χ2n) is 5.60. The van der Waals surface area contributed by atoms with Gasteiger partial charge in [0.05, 0.1) is 16.7 Å². The van der Waals surface area contributed by atoms with E-state index in [1.807, 2.05) is 0 Å². The molecule has 0 bridgehead atoms. The summed E-state index contributed by atoms with van der Waals surface area (Å²) in [4.78, 5) is 20.9. The fraction of sp³-hybridized carbons (Fsp3) is 0.0476. The minimum Gasteiger partial charge on any atom is -0.478 e. The van der Waals surface area contributed by atoms with E-state index in [0.717, 1.165) is 12.1 Å². The Morgan fingerprint density at radius 1 is 0.724 bits per heavy atom. The van der Waals surface area contributed by atoms with Crippen molar-refractivity contribution in [2.24, 2.45) is 0 Å². The van der Waals surface area contributed by atoms with E-state index < -0.39 is 35.0 Å². The molecule has 0 unspecified atom stereocenters. The second-order valence-corrected chi connectivity index (χ2v) is 5.60. The zero-order valence-electron chi connectivity index (χ0n) is 14.8. The average Bonchev–Trinajstić information content (AvgIpc) is 2.69. The molecule has 0 spiro atoms. The first-order valence-electron chi connectivity index (χ1n) is 8.14. The summed E-state index contributed by atoms with van der Waals surface area (Å²) in [6.07, 6.45) is -4.70. The van der Waals surface area contributed by atoms with Crippen LogP contribution in [0.2, 0.25) is 0 Å². The van der Waals surface area contributed by atoms with Gasteiger partial charge in [0.15, 0.2) is 0 Å². The summed E-state index contributed by atoms with van der Waals surface area (Å²) in [5.74, 6) is -2.51. The summed E-state index contributed by atoms with van der Waals surface area (Å²) in [5, 5.41) is 17.1. The first-order chi connectivity index (χ1) is 13.7. The Balaban J connectivity index is 0.000000278. The summed E-state index contributed by atoms with van der Waals surface area (Å²) < 4.78 is 43.9. The van der Waals surface area contributed by atoms with Gasteiger partial charge in [-0.05, 0) is 42.5 Å². The molecule has 0 fully saturated rings. The highest BCUT2D eigenvalue weighted by atomic mass is 19.4. The lowest BCUT2D eigenvalue weighted by molar-refractivity contribution is -0.138. The number of benzene rings is 3. The first kappa shape index (κ1) is 21.5. The molecule has 0 aliphatic rings. The lowest BCUT2D eigenvalue weighted by Crippen LogP contribution is -2.09. The number of para-hydroxylation sites is 1. The van der Waals surface area contributed by atoms with Crippen LogP contribution in [0.5, 0.6) is 11.5 Å². The molecule has 0 aliphatic carbocycles. The number of hydrogen-bond donors (Lipinski definition) is 2. The maximum absolute atomic E-state index is 12.9. The van der Waals surface area contributed by atoms with Crippen molar-refractivity contribution >= 4 is 11.9 Å². The number of rotatable bonds is 4. The third-order valence-corrected chi connectivity index (χ3v) is 3.52. The zero-order valence-corrected chi connectivity index (χ0v) is 14.8. The van der Waals surface area contributed by atoms with E-state index in [2.05, 4.69) is 0 Å². The van der Waals surface area contributed by atoms with Gasteiger partial charge in [0.1, 0.15) is 11.5 Å². The van der Waals surface area contributed by atoms with E-state index >= 15 is 0 Å². The third kappa shape index (κ3) is 6.39. The van der Waals surface area contributed by atoms with Gasteiger partial charge in [-0.25, -0.2) is 9.59 Å². The van der Waals surface area contributed by atoms with E-state index in [4.69, 9.17) is 14.9 Å². The van der Waals surface area contributed by atoms with Crippen LogP contribution in [0.3, 0.4) is 0 Å². The van der Waals surface area contributed by atoms with Gasteiger partial charge in [0, 0.05) is 0 Å². The summed E-state index contributed by atoms with van der Waals surface area (Å²) in [7, 11) is 0. The summed E-state index contributed by atoms with van der Waals surface area (Å²) in [6, 6.07) is 18.9. The predicted molar refractivity (Wildman–Crippen MR) is 98.3 cm³/mol. The van der Waals surface area contributed by atoms with E-state index in [-0.39, 0.29) is 5.75 Å². The van der Waals surface area contributed by atoms with Crippen molar-refractivity contribution in [2.45, 2.75) is 6.18 Å². The van der Waals surface area contributed by atoms with Crippen LogP contribution in [0.25, 0.3) is 0 Å². The molecule has 0 amide bonds. The predicted octanol–water partition coefficient (Wildman–Crippen LogP) is 5.58. The fourth-order valence-electron chi connectivity index (χ4n) is 2.17. The Hall–Kier alpha value is -3.81. The smallest absolute Gasteiger partial charge is 0.420 e. The van der Waals surface area contributed by atoms with Gasteiger partial charge < -0.3 is 14.9 Å². The van der Waals surface area contributed by atoms with Crippen molar-refractivity contribution in [3.63, 3.8) is 0 Å². The highest BCUT2D eigenvalue weighted by Crippen LogP contribution is 2.38. The quantitative estimate of drug-likeness (QED) is 0.593. The van der Waals surface area contributed by atoms with Crippen molar-refractivity contribution < 1.29 is 37.7 Å². The maximum atomic E-state index is 12.9. The molecule has 0 saturated heterocycles. The van der Waals surface area contributed by atoms with E-state index in [9.17, 15) is 22.8 Å². The Morgan fingerprint density at radius 3 is 1.69 bits per heavy atom. The minimum absolute atomic E-state index is 0.237. The Bertz CT molecular complexity index is 971. The number of carboxylic acids is 2. The molecule has 8 heteroatoms. The summed E-state index contributed by atoms with van der Waals surface area (Å²) in [6.45, 7) is 0. The molecule has 3 aromatic rings. The van der Waals surface area contributed by atoms with Crippen LogP contribution in [0.1, 0.15) is 26.3 Å². The highest BCUT2D eigenvalue weighted by Gasteiger charge is 2.35. The van der Waals surface area contributed by atoms with Crippen molar-refractivity contribution in [3.05, 3.63) is 95.6 Å². The van der Waals surface area contributed by atoms with Crippen molar-refractivity contribution in [1.82, 2.24) is 0 Å². The van der Waals surface area contributed by atoms with Gasteiger partial charge in [-0.2, -0.15) is 13.2 Å². The molecule has 0 aromatic heterocycles. The molecule has 29 heavy (non-hydrogen) atoms. The molecule has 5 nitrogen and oxygen atoms in total. The van der Waals surface area contributed by atoms with Crippen LogP contribution in [0.15, 0.2) is 78.9 Å². The van der Waals surface area contributed by atoms with E-state index in [1.54, 1.807) is 48.5 Å². The third-order valence-electron chi connectivity index (χ3n) is 3.52. The van der Waals surface area contributed by atoms with Crippen LogP contribution >= 0.6 is 0 Å². The van der Waals surface area contributed by atoms with E-state index in [0.29, 0.717) is 11.6 Å². The van der Waals surface area contributed by atoms with Crippen LogP contribution in [-0.2, 0) is 6.18 Å². The van der Waals surface area contributed by atoms with Crippen molar-refractivity contribution in [3.8, 4) is 11.5 Å². The topological polar surface area (TPSA) is 83.8 Å². The molecule has 150 valence electrons. The van der Waals surface area contributed by atoms with E-state index in [1.165, 1.54) is 12.1 Å². The standard InChI is InChI=1S/C14H9F3O3.C7H6O2/c15-14(16,17)11-8-9(13(18)19)6-7-12(11)20-10-4-2-1-3-5-10;8-7(9)6-4-2-1-3-5-6/h1-8H,(H,18,19);1-5H,(H,8,9). The summed E-state index contributed by atoms with van der Waals surface area (Å²) in [5.41, 5.74) is -1.24. The van der Waals surface area contributed by atoms with Gasteiger partial charge >= 0.3 is 18.1 Å². The molecule has 3 rings (SSSR count). The molecule has 0 atom stereocenters. The maximum Gasteiger partial charge on any atom is 0.420 e. The van der Waals surface area contributed by atoms with Gasteiger partial charge in [-0.15, -0.1) is 0 Å².